The van der Waals surface area contributed by atoms with Gasteiger partial charge < -0.3 is 16.8 Å². The van der Waals surface area contributed by atoms with Crippen molar-refractivity contribution in [1.82, 2.24) is 9.78 Å². The number of para-hydroxylation sites is 1. The highest BCUT2D eigenvalue weighted by Gasteiger charge is 2.22. The Morgan fingerprint density at radius 2 is 1.71 bits per heavy atom. The van der Waals surface area contributed by atoms with Crippen LogP contribution in [0.15, 0.2) is 54.6 Å². The number of nitrogens with two attached hydrogens (primary N) is 2. The number of aromatic nitrogens is 2. The number of rotatable bonds is 8. The molecule has 6 heteroatoms. The maximum absolute atomic E-state index is 8.00. The van der Waals surface area contributed by atoms with Crippen molar-refractivity contribution in [1.29, 1.82) is 5.41 Å². The van der Waals surface area contributed by atoms with Gasteiger partial charge in [0.2, 0.25) is 0 Å². The lowest BCUT2D eigenvalue weighted by atomic mass is 10.1. The number of nitrogen functional groups attached to an aromatic ring is 2. The van der Waals surface area contributed by atoms with Gasteiger partial charge in [0.1, 0.15) is 17.3 Å². The predicted octanol–water partition coefficient (Wildman–Crippen LogP) is 4.91. The highest BCUT2D eigenvalue weighted by Crippen LogP contribution is 2.32. The molecule has 1 unspecified atom stereocenters. The van der Waals surface area contributed by atoms with Crippen LogP contribution in [0.4, 0.5) is 17.2 Å². The van der Waals surface area contributed by atoms with Gasteiger partial charge in [-0.2, -0.15) is 5.10 Å². The molecule has 1 heterocycles. The van der Waals surface area contributed by atoms with Crippen molar-refractivity contribution >= 4 is 23.0 Å². The molecule has 1 atom stereocenters. The fourth-order valence-electron chi connectivity index (χ4n) is 3.43. The molecule has 0 bridgehead atoms. The van der Waals surface area contributed by atoms with Gasteiger partial charge in [0.15, 0.2) is 0 Å². The maximum Gasteiger partial charge on any atom is 0.133 e. The van der Waals surface area contributed by atoms with E-state index in [0.717, 1.165) is 36.2 Å². The quantitative estimate of drug-likeness (QED) is 0.331. The summed E-state index contributed by atoms with van der Waals surface area (Å²) < 4.78 is 1.84. The first-order valence-corrected chi connectivity index (χ1v) is 9.70. The zero-order valence-electron chi connectivity index (χ0n) is 16.4. The van der Waals surface area contributed by atoms with E-state index in [-0.39, 0.29) is 11.9 Å². The molecule has 146 valence electrons. The second-order valence-electron chi connectivity index (χ2n) is 6.89. The van der Waals surface area contributed by atoms with Crippen LogP contribution in [0.1, 0.15) is 44.7 Å². The summed E-state index contributed by atoms with van der Waals surface area (Å²) in [6, 6.07) is 18.1. The molecule has 0 saturated heterocycles. The van der Waals surface area contributed by atoms with Crippen molar-refractivity contribution in [2.24, 2.45) is 5.73 Å². The molecule has 0 fully saturated rings. The monoisotopic (exact) mass is 376 g/mol. The second kappa shape index (κ2) is 8.61. The summed E-state index contributed by atoms with van der Waals surface area (Å²) in [6.45, 7) is 4.27. The summed E-state index contributed by atoms with van der Waals surface area (Å²) in [5.41, 5.74) is 16.3. The minimum absolute atomic E-state index is 0.0587. The number of anilines is 3. The topological polar surface area (TPSA) is 106 Å². The van der Waals surface area contributed by atoms with Crippen LogP contribution in [0.2, 0.25) is 0 Å². The van der Waals surface area contributed by atoms with E-state index in [4.69, 9.17) is 22.0 Å². The molecule has 0 aliphatic carbocycles. The Morgan fingerprint density at radius 3 is 2.29 bits per heavy atom. The molecule has 6 N–H and O–H groups in total. The van der Waals surface area contributed by atoms with Crippen LogP contribution in [-0.4, -0.2) is 15.6 Å². The number of amidine groups is 1. The summed E-state index contributed by atoms with van der Waals surface area (Å²) in [7, 11) is 0. The van der Waals surface area contributed by atoms with Gasteiger partial charge in [-0.1, -0.05) is 50.6 Å². The van der Waals surface area contributed by atoms with Gasteiger partial charge in [0.25, 0.3) is 0 Å². The van der Waals surface area contributed by atoms with Crippen LogP contribution in [0, 0.1) is 5.41 Å². The fraction of sp³-hybridized carbons (Fsp3) is 0.273. The van der Waals surface area contributed by atoms with Gasteiger partial charge in [0.05, 0.1) is 11.6 Å². The summed E-state index contributed by atoms with van der Waals surface area (Å²) in [6.07, 6.45) is 2.96. The van der Waals surface area contributed by atoms with Crippen molar-refractivity contribution in [2.75, 3.05) is 11.1 Å². The summed E-state index contributed by atoms with van der Waals surface area (Å²) >= 11 is 0. The average molecular weight is 377 g/mol. The Morgan fingerprint density at radius 1 is 1.07 bits per heavy atom. The van der Waals surface area contributed by atoms with Gasteiger partial charge >= 0.3 is 0 Å². The lowest BCUT2D eigenvalue weighted by Gasteiger charge is -2.16. The minimum atomic E-state index is -0.0587. The van der Waals surface area contributed by atoms with Crippen LogP contribution in [0.25, 0.3) is 11.3 Å². The molecule has 1 aromatic heterocycles. The zero-order valence-corrected chi connectivity index (χ0v) is 16.4. The lowest BCUT2D eigenvalue weighted by molar-refractivity contribution is 0.415. The third-order valence-electron chi connectivity index (χ3n) is 4.88. The second-order valence-corrected chi connectivity index (χ2v) is 6.89. The molecule has 0 saturated carbocycles. The Balaban J connectivity index is 1.95. The zero-order chi connectivity index (χ0) is 20.1. The fourth-order valence-corrected chi connectivity index (χ4v) is 3.43. The smallest absolute Gasteiger partial charge is 0.133 e. The first kappa shape index (κ1) is 19.5. The lowest BCUT2D eigenvalue weighted by Crippen LogP contribution is -2.16. The van der Waals surface area contributed by atoms with Crippen molar-refractivity contribution in [3.63, 3.8) is 0 Å². The van der Waals surface area contributed by atoms with E-state index in [1.807, 2.05) is 59.3 Å². The summed E-state index contributed by atoms with van der Waals surface area (Å²) in [4.78, 5) is 0. The van der Waals surface area contributed by atoms with Crippen LogP contribution in [-0.2, 0) is 0 Å². The van der Waals surface area contributed by atoms with E-state index in [1.165, 1.54) is 0 Å². The number of hydrogen-bond acceptors (Lipinski definition) is 4. The first-order chi connectivity index (χ1) is 13.5. The van der Waals surface area contributed by atoms with E-state index < -0.39 is 0 Å². The Bertz CT molecular complexity index is 928. The molecule has 3 aromatic rings. The van der Waals surface area contributed by atoms with Gasteiger partial charge in [-0.25, -0.2) is 4.68 Å². The highest BCUT2D eigenvalue weighted by atomic mass is 15.3. The van der Waals surface area contributed by atoms with Crippen LogP contribution < -0.4 is 16.8 Å². The molecular formula is C22H28N6. The molecule has 6 nitrogen and oxygen atoms in total. The van der Waals surface area contributed by atoms with E-state index in [9.17, 15) is 0 Å². The number of nitrogens with zero attached hydrogens (tertiary/aromatic N) is 2. The summed E-state index contributed by atoms with van der Waals surface area (Å²) in [5, 5.41) is 16.1. The molecule has 3 rings (SSSR count). The van der Waals surface area contributed by atoms with Gasteiger partial charge in [-0.05, 0) is 37.1 Å². The van der Waals surface area contributed by atoms with Gasteiger partial charge in [0, 0.05) is 16.9 Å². The van der Waals surface area contributed by atoms with E-state index in [2.05, 4.69) is 19.2 Å². The largest absolute Gasteiger partial charge is 0.384 e. The standard InChI is InChI=1S/C22H28N6/c1-3-8-18(4-2)28-22(25)19(21(23)24)20(27-28)15-11-13-17(14-12-15)26-16-9-6-5-7-10-16/h5-7,9-14,18,26H,3-4,8,25H2,1-2H3,(H3,23,24). The summed E-state index contributed by atoms with van der Waals surface area (Å²) in [5.74, 6) is 0.408. The van der Waals surface area contributed by atoms with Crippen molar-refractivity contribution in [3.8, 4) is 11.3 Å². The molecule has 0 aliphatic rings. The Labute approximate surface area is 166 Å². The Kier molecular flexibility index (Phi) is 5.99. The SMILES string of the molecule is CCCC(CC)n1nc(-c2ccc(Nc3ccccc3)cc2)c(C(=N)N)c1N. The molecule has 0 spiro atoms. The number of hydrogen-bond donors (Lipinski definition) is 4. The normalized spacial score (nSPS) is 11.9. The van der Waals surface area contributed by atoms with E-state index in [0.29, 0.717) is 17.1 Å². The van der Waals surface area contributed by atoms with E-state index in [1.54, 1.807) is 0 Å². The molecule has 0 radical (unpaired) electrons. The molecule has 2 aromatic carbocycles. The van der Waals surface area contributed by atoms with Crippen LogP contribution in [0.3, 0.4) is 0 Å². The van der Waals surface area contributed by atoms with Crippen molar-refractivity contribution in [2.45, 2.75) is 39.2 Å². The predicted molar refractivity (Wildman–Crippen MR) is 117 cm³/mol. The van der Waals surface area contributed by atoms with Gasteiger partial charge in [-0.3, -0.25) is 5.41 Å². The minimum Gasteiger partial charge on any atom is -0.384 e. The van der Waals surface area contributed by atoms with Crippen molar-refractivity contribution < 1.29 is 0 Å². The van der Waals surface area contributed by atoms with Crippen molar-refractivity contribution in [3.05, 3.63) is 60.2 Å². The van der Waals surface area contributed by atoms with Gasteiger partial charge in [-0.15, -0.1) is 0 Å². The maximum atomic E-state index is 8.00. The third-order valence-corrected chi connectivity index (χ3v) is 4.88. The highest BCUT2D eigenvalue weighted by molar-refractivity contribution is 6.04. The number of nitrogens with one attached hydrogen (secondary N) is 2. The number of benzene rings is 2. The molecule has 0 amide bonds. The third kappa shape index (κ3) is 4.01. The van der Waals surface area contributed by atoms with Crippen LogP contribution in [0.5, 0.6) is 0 Å². The first-order valence-electron chi connectivity index (χ1n) is 9.70. The molecular weight excluding hydrogens is 348 g/mol. The molecule has 0 aliphatic heterocycles. The average Bonchev–Trinajstić information content (AvgIpc) is 3.05. The van der Waals surface area contributed by atoms with Crippen LogP contribution >= 0.6 is 0 Å². The molecule has 28 heavy (non-hydrogen) atoms. The Hall–Kier alpha value is -3.28. The van der Waals surface area contributed by atoms with E-state index >= 15 is 0 Å².